The van der Waals surface area contributed by atoms with E-state index < -0.39 is 18.0 Å². The van der Waals surface area contributed by atoms with Crippen LogP contribution in [0.1, 0.15) is 21.3 Å². The zero-order valence-electron chi connectivity index (χ0n) is 13.5. The molecule has 2 aliphatic rings. The molecule has 134 valence electrons. The molecule has 0 unspecified atom stereocenters. The first kappa shape index (κ1) is 16.7. The molecule has 0 aliphatic carbocycles. The van der Waals surface area contributed by atoms with Crippen molar-refractivity contribution in [2.24, 2.45) is 0 Å². The number of nitrogens with two attached hydrogens (primary N) is 1. The number of aliphatic carboxylic acids is 1. The van der Waals surface area contributed by atoms with Gasteiger partial charge >= 0.3 is 5.97 Å². The molecule has 1 fully saturated rings. The molecule has 2 aliphatic heterocycles. The molecule has 8 heteroatoms. The summed E-state index contributed by atoms with van der Waals surface area (Å²) in [6.45, 7) is 0.143. The van der Waals surface area contributed by atoms with E-state index in [0.29, 0.717) is 28.6 Å². The van der Waals surface area contributed by atoms with Crippen LogP contribution in [0.2, 0.25) is 0 Å². The fourth-order valence-corrected chi connectivity index (χ4v) is 4.11. The van der Waals surface area contributed by atoms with Crippen LogP contribution in [0.15, 0.2) is 42.5 Å². The standard InChI is InChI=1S/C18H15NO6S/c20-17(21)13-8-26-16(19-13)10-1-4-12(5-2-10)25-18(22)11-3-6-14-15(7-11)24-9-23-14/h1-7,13,16,19H,8-9H2,(H,20,21)/t13-,16-/m1/s1. The van der Waals surface area contributed by atoms with Crippen LogP contribution >= 0.6 is 11.8 Å². The first-order chi connectivity index (χ1) is 12.6. The molecule has 0 saturated carbocycles. The summed E-state index contributed by atoms with van der Waals surface area (Å²) in [5.74, 6) is 0.505. The smallest absolute Gasteiger partial charge is 0.343 e. The zero-order chi connectivity index (χ0) is 18.1. The number of hydrogen-bond donors (Lipinski definition) is 1. The van der Waals surface area contributed by atoms with E-state index in [9.17, 15) is 14.7 Å². The summed E-state index contributed by atoms with van der Waals surface area (Å²) < 4.78 is 15.9. The van der Waals surface area contributed by atoms with Gasteiger partial charge in [0.25, 0.3) is 0 Å². The summed E-state index contributed by atoms with van der Waals surface area (Å²) in [5.41, 5.74) is 1.33. The summed E-state index contributed by atoms with van der Waals surface area (Å²) in [7, 11) is 0. The van der Waals surface area contributed by atoms with Gasteiger partial charge in [-0.05, 0) is 42.5 Å². The number of hydrogen-bond acceptors (Lipinski definition) is 7. The van der Waals surface area contributed by atoms with E-state index in [1.807, 2.05) is 12.1 Å². The molecule has 0 bridgehead atoms. The number of quaternary nitrogens is 1. The van der Waals surface area contributed by atoms with E-state index in [-0.39, 0.29) is 12.2 Å². The van der Waals surface area contributed by atoms with Crippen molar-refractivity contribution in [2.45, 2.75) is 11.4 Å². The van der Waals surface area contributed by atoms with E-state index in [1.165, 1.54) is 0 Å². The molecule has 2 aromatic carbocycles. The van der Waals surface area contributed by atoms with Crippen LogP contribution in [0.4, 0.5) is 0 Å². The van der Waals surface area contributed by atoms with E-state index in [1.54, 1.807) is 47.4 Å². The lowest BCUT2D eigenvalue weighted by atomic mass is 10.2. The Kier molecular flexibility index (Phi) is 4.44. The normalized spacial score (nSPS) is 20.8. The molecule has 1 saturated heterocycles. The quantitative estimate of drug-likeness (QED) is 0.597. The third kappa shape index (κ3) is 3.33. The number of carboxylic acid groups (broad SMARTS) is 1. The molecule has 0 aromatic heterocycles. The number of fused-ring (bicyclic) bond motifs is 1. The summed E-state index contributed by atoms with van der Waals surface area (Å²) in [6, 6.07) is 11.4. The molecule has 26 heavy (non-hydrogen) atoms. The maximum Gasteiger partial charge on any atom is 0.343 e. The second kappa shape index (κ2) is 6.89. The van der Waals surface area contributed by atoms with Gasteiger partial charge in [-0.25, -0.2) is 4.79 Å². The largest absolute Gasteiger partial charge is 0.544 e. The summed E-state index contributed by atoms with van der Waals surface area (Å²) in [6.07, 6.45) is 0. The van der Waals surface area contributed by atoms with Gasteiger partial charge in [0, 0.05) is 5.56 Å². The number of carbonyl (C=O) groups is 2. The number of thioether (sulfide) groups is 1. The lowest BCUT2D eigenvalue weighted by Crippen LogP contribution is -2.90. The summed E-state index contributed by atoms with van der Waals surface area (Å²) in [4.78, 5) is 23.2. The Balaban J connectivity index is 1.41. The van der Waals surface area contributed by atoms with Crippen molar-refractivity contribution in [3.05, 3.63) is 53.6 Å². The van der Waals surface area contributed by atoms with Gasteiger partial charge in [0.1, 0.15) is 17.8 Å². The fourth-order valence-electron chi connectivity index (χ4n) is 2.80. The average molecular weight is 373 g/mol. The van der Waals surface area contributed by atoms with Gasteiger partial charge in [-0.1, -0.05) is 11.8 Å². The van der Waals surface area contributed by atoms with Crippen LogP contribution in [-0.2, 0) is 4.79 Å². The molecule has 2 atom stereocenters. The van der Waals surface area contributed by atoms with Gasteiger partial charge < -0.3 is 29.4 Å². The molecular weight excluding hydrogens is 358 g/mol. The Morgan fingerprint density at radius 3 is 2.62 bits per heavy atom. The topological polar surface area (TPSA) is 102 Å². The molecule has 7 nitrogen and oxygen atoms in total. The van der Waals surface area contributed by atoms with Gasteiger partial charge in [-0.3, -0.25) is 0 Å². The Bertz CT molecular complexity index is 853. The van der Waals surface area contributed by atoms with Crippen molar-refractivity contribution in [3.63, 3.8) is 0 Å². The summed E-state index contributed by atoms with van der Waals surface area (Å²) in [5, 5.41) is 12.7. The van der Waals surface area contributed by atoms with E-state index in [2.05, 4.69) is 0 Å². The highest BCUT2D eigenvalue weighted by Gasteiger charge is 2.30. The van der Waals surface area contributed by atoms with Crippen molar-refractivity contribution in [2.75, 3.05) is 12.5 Å². The van der Waals surface area contributed by atoms with Gasteiger partial charge in [0.2, 0.25) is 6.79 Å². The highest BCUT2D eigenvalue weighted by Crippen LogP contribution is 2.33. The highest BCUT2D eigenvalue weighted by atomic mass is 32.2. The zero-order valence-corrected chi connectivity index (χ0v) is 14.4. The van der Waals surface area contributed by atoms with Gasteiger partial charge in [0.05, 0.1) is 11.3 Å². The molecule has 2 heterocycles. The van der Waals surface area contributed by atoms with Crippen LogP contribution in [0, 0.1) is 0 Å². The van der Waals surface area contributed by atoms with E-state index in [0.717, 1.165) is 5.56 Å². The van der Waals surface area contributed by atoms with Crippen LogP contribution in [-0.4, -0.2) is 30.5 Å². The van der Waals surface area contributed by atoms with Crippen molar-refractivity contribution in [3.8, 4) is 17.2 Å². The Morgan fingerprint density at radius 2 is 1.88 bits per heavy atom. The number of rotatable bonds is 4. The molecule has 0 amide bonds. The third-order valence-electron chi connectivity index (χ3n) is 4.19. The molecule has 4 rings (SSSR count). The molecule has 2 aromatic rings. The molecule has 2 N–H and O–H groups in total. The minimum Gasteiger partial charge on any atom is -0.544 e. The second-order valence-electron chi connectivity index (χ2n) is 5.90. The number of esters is 1. The Morgan fingerprint density at radius 1 is 1.12 bits per heavy atom. The SMILES string of the molecule is O=C(Oc1ccc([C@@H]2[NH2+][C@@H](C(=O)[O-])CS2)cc1)c1ccc2c(c1)OCO2. The van der Waals surface area contributed by atoms with Gasteiger partial charge in [0.15, 0.2) is 16.9 Å². The lowest BCUT2D eigenvalue weighted by Gasteiger charge is -2.11. The molecular formula is C18H15NO6S. The van der Waals surface area contributed by atoms with Crippen molar-refractivity contribution in [1.29, 1.82) is 0 Å². The van der Waals surface area contributed by atoms with Gasteiger partial charge in [-0.2, -0.15) is 0 Å². The minimum absolute atomic E-state index is 0.00323. The predicted octanol–water partition coefficient (Wildman–Crippen LogP) is 0.0618. The van der Waals surface area contributed by atoms with E-state index >= 15 is 0 Å². The molecule has 0 radical (unpaired) electrons. The maximum atomic E-state index is 12.3. The summed E-state index contributed by atoms with van der Waals surface area (Å²) >= 11 is 1.55. The van der Waals surface area contributed by atoms with Crippen molar-refractivity contribution in [1.82, 2.24) is 0 Å². The Labute approximate surface area is 153 Å². The number of ether oxygens (including phenoxy) is 3. The first-order valence-corrected chi connectivity index (χ1v) is 9.04. The minimum atomic E-state index is -1.05. The van der Waals surface area contributed by atoms with Crippen LogP contribution in [0.3, 0.4) is 0 Å². The number of carboxylic acids is 1. The third-order valence-corrected chi connectivity index (χ3v) is 5.53. The Hall–Kier alpha value is -2.71. The average Bonchev–Trinajstić information content (AvgIpc) is 3.31. The maximum absolute atomic E-state index is 12.3. The molecule has 0 spiro atoms. The fraction of sp³-hybridized carbons (Fsp3) is 0.222. The predicted molar refractivity (Wildman–Crippen MR) is 89.9 cm³/mol. The number of benzene rings is 2. The van der Waals surface area contributed by atoms with Gasteiger partial charge in [-0.15, -0.1) is 0 Å². The monoisotopic (exact) mass is 373 g/mol. The van der Waals surface area contributed by atoms with Crippen LogP contribution in [0.5, 0.6) is 17.2 Å². The second-order valence-corrected chi connectivity index (χ2v) is 7.07. The number of carbonyl (C=O) groups excluding carboxylic acids is 2. The first-order valence-electron chi connectivity index (χ1n) is 7.99. The van der Waals surface area contributed by atoms with Crippen LogP contribution < -0.4 is 24.6 Å². The van der Waals surface area contributed by atoms with Crippen molar-refractivity contribution >= 4 is 23.7 Å². The lowest BCUT2D eigenvalue weighted by molar-refractivity contribution is -0.690. The van der Waals surface area contributed by atoms with E-state index in [4.69, 9.17) is 14.2 Å². The van der Waals surface area contributed by atoms with Crippen LogP contribution in [0.25, 0.3) is 0 Å². The highest BCUT2D eigenvalue weighted by molar-refractivity contribution is 7.99. The van der Waals surface area contributed by atoms with Crippen molar-refractivity contribution < 1.29 is 34.2 Å².